The minimum atomic E-state index is -0.308. The fourth-order valence-electron chi connectivity index (χ4n) is 2.95. The van der Waals surface area contributed by atoms with Gasteiger partial charge in [-0.3, -0.25) is 4.79 Å². The first-order valence-electron chi connectivity index (χ1n) is 7.72. The molecule has 0 spiro atoms. The Morgan fingerprint density at radius 1 is 0.875 bits per heavy atom. The standard InChI is InChI=1S/C19H20O5/c1-21-14-7-4-12(5-8-14)17-11-15(19(20)24-17)13-6-9-16(22-2)18(10-13)23-3/h4-10,15,17H,11H2,1-3H3. The minimum absolute atomic E-state index is 0.219. The molecule has 5 nitrogen and oxygen atoms in total. The summed E-state index contributed by atoms with van der Waals surface area (Å²) in [5, 5.41) is 0. The maximum absolute atomic E-state index is 12.3. The molecule has 0 N–H and O–H groups in total. The molecule has 0 radical (unpaired) electrons. The molecule has 1 aliphatic rings. The molecule has 126 valence electrons. The van der Waals surface area contributed by atoms with E-state index in [0.717, 1.165) is 16.9 Å². The lowest BCUT2D eigenvalue weighted by molar-refractivity contribution is -0.142. The lowest BCUT2D eigenvalue weighted by Gasteiger charge is -2.12. The molecule has 0 aliphatic carbocycles. The van der Waals surface area contributed by atoms with Gasteiger partial charge in [-0.05, 0) is 35.4 Å². The number of benzene rings is 2. The molecular weight excluding hydrogens is 308 g/mol. The van der Waals surface area contributed by atoms with E-state index >= 15 is 0 Å². The molecule has 2 aromatic rings. The van der Waals surface area contributed by atoms with Gasteiger partial charge in [-0.15, -0.1) is 0 Å². The van der Waals surface area contributed by atoms with E-state index in [9.17, 15) is 4.79 Å². The molecule has 0 amide bonds. The van der Waals surface area contributed by atoms with Gasteiger partial charge in [0.05, 0.1) is 27.2 Å². The summed E-state index contributed by atoms with van der Waals surface area (Å²) in [4.78, 5) is 12.3. The van der Waals surface area contributed by atoms with Gasteiger partial charge < -0.3 is 18.9 Å². The second kappa shape index (κ2) is 6.83. The molecule has 1 heterocycles. The van der Waals surface area contributed by atoms with Crippen molar-refractivity contribution in [3.05, 3.63) is 53.6 Å². The van der Waals surface area contributed by atoms with Crippen molar-refractivity contribution >= 4 is 5.97 Å². The lowest BCUT2D eigenvalue weighted by Crippen LogP contribution is -2.06. The number of hydrogen-bond donors (Lipinski definition) is 0. The van der Waals surface area contributed by atoms with Crippen LogP contribution in [0.25, 0.3) is 0 Å². The highest BCUT2D eigenvalue weighted by Gasteiger charge is 2.36. The van der Waals surface area contributed by atoms with E-state index in [-0.39, 0.29) is 18.0 Å². The van der Waals surface area contributed by atoms with Crippen LogP contribution in [0.4, 0.5) is 0 Å². The number of carbonyl (C=O) groups is 1. The Hall–Kier alpha value is -2.69. The number of hydrogen-bond acceptors (Lipinski definition) is 5. The van der Waals surface area contributed by atoms with Gasteiger partial charge in [0.1, 0.15) is 11.9 Å². The summed E-state index contributed by atoms with van der Waals surface area (Å²) >= 11 is 0. The normalized spacial score (nSPS) is 19.7. The van der Waals surface area contributed by atoms with E-state index in [4.69, 9.17) is 18.9 Å². The molecule has 3 rings (SSSR count). The van der Waals surface area contributed by atoms with Gasteiger partial charge in [-0.2, -0.15) is 0 Å². The van der Waals surface area contributed by atoms with E-state index in [1.54, 1.807) is 21.3 Å². The lowest BCUT2D eigenvalue weighted by atomic mass is 9.93. The third-order valence-electron chi connectivity index (χ3n) is 4.29. The molecule has 0 aromatic heterocycles. The topological polar surface area (TPSA) is 54.0 Å². The second-order valence-electron chi connectivity index (χ2n) is 5.60. The summed E-state index contributed by atoms with van der Waals surface area (Å²) in [6.07, 6.45) is 0.349. The Balaban J connectivity index is 1.81. The maximum atomic E-state index is 12.3. The molecule has 1 fully saturated rings. The van der Waals surface area contributed by atoms with Crippen molar-refractivity contribution in [2.24, 2.45) is 0 Å². The molecule has 24 heavy (non-hydrogen) atoms. The first kappa shape index (κ1) is 16.2. The largest absolute Gasteiger partial charge is 0.497 e. The highest BCUT2D eigenvalue weighted by Crippen LogP contribution is 2.41. The highest BCUT2D eigenvalue weighted by molar-refractivity contribution is 5.80. The van der Waals surface area contributed by atoms with Crippen LogP contribution in [-0.2, 0) is 9.53 Å². The van der Waals surface area contributed by atoms with Crippen LogP contribution in [0.5, 0.6) is 17.2 Å². The molecule has 1 saturated heterocycles. The summed E-state index contributed by atoms with van der Waals surface area (Å²) < 4.78 is 21.3. The Kier molecular flexibility index (Phi) is 4.60. The Morgan fingerprint density at radius 3 is 2.17 bits per heavy atom. The number of cyclic esters (lactones) is 1. The average Bonchev–Trinajstić information content (AvgIpc) is 3.03. The Labute approximate surface area is 141 Å². The number of rotatable bonds is 5. The predicted octanol–water partition coefficient (Wildman–Crippen LogP) is 3.48. The Morgan fingerprint density at radius 2 is 1.54 bits per heavy atom. The summed E-state index contributed by atoms with van der Waals surface area (Å²) in [5.74, 6) is 1.49. The van der Waals surface area contributed by atoms with E-state index in [1.807, 2.05) is 42.5 Å². The van der Waals surface area contributed by atoms with E-state index in [1.165, 1.54) is 0 Å². The SMILES string of the molecule is COc1ccc(C2CC(c3ccc(OC)c(OC)c3)C(=O)O2)cc1. The van der Waals surface area contributed by atoms with Gasteiger partial charge >= 0.3 is 5.97 Å². The highest BCUT2D eigenvalue weighted by atomic mass is 16.6. The van der Waals surface area contributed by atoms with Crippen LogP contribution in [0.3, 0.4) is 0 Å². The fraction of sp³-hybridized carbons (Fsp3) is 0.316. The van der Waals surface area contributed by atoms with Gasteiger partial charge in [0.2, 0.25) is 0 Å². The van der Waals surface area contributed by atoms with Crippen LogP contribution in [-0.4, -0.2) is 27.3 Å². The molecule has 2 atom stereocenters. The van der Waals surface area contributed by atoms with Crippen molar-refractivity contribution < 1.29 is 23.7 Å². The quantitative estimate of drug-likeness (QED) is 0.787. The van der Waals surface area contributed by atoms with E-state index < -0.39 is 0 Å². The van der Waals surface area contributed by atoms with Crippen molar-refractivity contribution in [2.75, 3.05) is 21.3 Å². The van der Waals surface area contributed by atoms with Crippen molar-refractivity contribution in [3.8, 4) is 17.2 Å². The zero-order chi connectivity index (χ0) is 17.1. The van der Waals surface area contributed by atoms with Gasteiger partial charge in [0.25, 0.3) is 0 Å². The first-order valence-corrected chi connectivity index (χ1v) is 7.72. The summed E-state index contributed by atoms with van der Waals surface area (Å²) in [6, 6.07) is 13.1. The van der Waals surface area contributed by atoms with Crippen molar-refractivity contribution in [1.29, 1.82) is 0 Å². The van der Waals surface area contributed by atoms with Gasteiger partial charge in [-0.1, -0.05) is 18.2 Å². The molecule has 1 aliphatic heterocycles. The number of methoxy groups -OCH3 is 3. The number of esters is 1. The molecule has 2 aromatic carbocycles. The summed E-state index contributed by atoms with van der Waals surface area (Å²) in [7, 11) is 4.79. The van der Waals surface area contributed by atoms with Gasteiger partial charge in [0.15, 0.2) is 11.5 Å². The van der Waals surface area contributed by atoms with Crippen LogP contribution in [0, 0.1) is 0 Å². The van der Waals surface area contributed by atoms with Crippen LogP contribution in [0.2, 0.25) is 0 Å². The van der Waals surface area contributed by atoms with Crippen LogP contribution < -0.4 is 14.2 Å². The van der Waals surface area contributed by atoms with E-state index in [0.29, 0.717) is 17.9 Å². The fourth-order valence-corrected chi connectivity index (χ4v) is 2.95. The van der Waals surface area contributed by atoms with Crippen LogP contribution >= 0.6 is 0 Å². The van der Waals surface area contributed by atoms with Gasteiger partial charge in [0, 0.05) is 6.42 Å². The maximum Gasteiger partial charge on any atom is 0.314 e. The monoisotopic (exact) mass is 328 g/mol. The molecule has 2 unspecified atom stereocenters. The Bertz CT molecular complexity index is 723. The molecular formula is C19H20O5. The number of carbonyl (C=O) groups excluding carboxylic acids is 1. The van der Waals surface area contributed by atoms with Crippen molar-refractivity contribution in [1.82, 2.24) is 0 Å². The zero-order valence-corrected chi connectivity index (χ0v) is 13.9. The smallest absolute Gasteiger partial charge is 0.314 e. The van der Waals surface area contributed by atoms with Crippen LogP contribution in [0.15, 0.2) is 42.5 Å². The summed E-state index contributed by atoms with van der Waals surface area (Å²) in [5.41, 5.74) is 1.83. The van der Waals surface area contributed by atoms with Crippen molar-refractivity contribution in [2.45, 2.75) is 18.4 Å². The molecule has 5 heteroatoms. The third kappa shape index (κ3) is 3.02. The zero-order valence-electron chi connectivity index (χ0n) is 13.9. The average molecular weight is 328 g/mol. The van der Waals surface area contributed by atoms with E-state index in [2.05, 4.69) is 0 Å². The van der Waals surface area contributed by atoms with Crippen molar-refractivity contribution in [3.63, 3.8) is 0 Å². The second-order valence-corrected chi connectivity index (χ2v) is 5.60. The third-order valence-corrected chi connectivity index (χ3v) is 4.29. The first-order chi connectivity index (χ1) is 11.7. The minimum Gasteiger partial charge on any atom is -0.497 e. The predicted molar refractivity (Wildman–Crippen MR) is 88.7 cm³/mol. The van der Waals surface area contributed by atoms with Crippen LogP contribution in [0.1, 0.15) is 29.6 Å². The molecule has 0 bridgehead atoms. The molecule has 0 saturated carbocycles. The summed E-state index contributed by atoms with van der Waals surface area (Å²) in [6.45, 7) is 0. The number of ether oxygens (including phenoxy) is 4. The van der Waals surface area contributed by atoms with Gasteiger partial charge in [-0.25, -0.2) is 0 Å².